The zero-order valence-corrected chi connectivity index (χ0v) is 16.2. The molecule has 2 heterocycles. The SMILES string of the molecule is Cc1noc([C@H]2C[C@H](O)CN2C(=O)C2(Cc3cccc(Cl)c3)CCCC2)n1. The van der Waals surface area contributed by atoms with E-state index < -0.39 is 11.5 Å². The zero-order chi connectivity index (χ0) is 19.0. The lowest BCUT2D eigenvalue weighted by Gasteiger charge is -2.34. The molecular formula is C20H24ClN3O3. The average Bonchev–Trinajstić information content (AvgIpc) is 3.35. The number of carbonyl (C=O) groups excluding carboxylic acids is 1. The van der Waals surface area contributed by atoms with Crippen LogP contribution in [0.3, 0.4) is 0 Å². The van der Waals surface area contributed by atoms with Crippen molar-refractivity contribution in [2.75, 3.05) is 6.54 Å². The van der Waals surface area contributed by atoms with Gasteiger partial charge >= 0.3 is 0 Å². The Kier molecular flexibility index (Phi) is 4.95. The number of β-amino-alcohol motifs (C(OH)–C–C–N with tert-alkyl or cyclic N) is 1. The smallest absolute Gasteiger partial charge is 0.249 e. The Morgan fingerprint density at radius 3 is 2.85 bits per heavy atom. The highest BCUT2D eigenvalue weighted by molar-refractivity contribution is 6.30. The first kappa shape index (κ1) is 18.4. The van der Waals surface area contributed by atoms with Crippen LogP contribution in [0.2, 0.25) is 5.02 Å². The number of aliphatic hydroxyl groups is 1. The minimum absolute atomic E-state index is 0.0809. The van der Waals surface area contributed by atoms with Crippen molar-refractivity contribution < 1.29 is 14.4 Å². The molecule has 1 N–H and O–H groups in total. The monoisotopic (exact) mass is 389 g/mol. The molecule has 7 heteroatoms. The van der Waals surface area contributed by atoms with E-state index in [1.807, 2.05) is 24.3 Å². The third kappa shape index (κ3) is 3.60. The van der Waals surface area contributed by atoms with Crippen molar-refractivity contribution in [3.63, 3.8) is 0 Å². The summed E-state index contributed by atoms with van der Waals surface area (Å²) in [7, 11) is 0. The fourth-order valence-electron chi connectivity index (χ4n) is 4.58. The van der Waals surface area contributed by atoms with E-state index in [0.717, 1.165) is 31.2 Å². The second-order valence-corrected chi connectivity index (χ2v) is 8.27. The number of benzene rings is 1. The van der Waals surface area contributed by atoms with Crippen LogP contribution in [-0.2, 0) is 11.2 Å². The highest BCUT2D eigenvalue weighted by atomic mass is 35.5. The minimum atomic E-state index is -0.573. The Labute approximate surface area is 163 Å². The van der Waals surface area contributed by atoms with E-state index in [9.17, 15) is 9.90 Å². The lowest BCUT2D eigenvalue weighted by atomic mass is 9.78. The fraction of sp³-hybridized carbons (Fsp3) is 0.550. The number of nitrogens with zero attached hydrogens (tertiary/aromatic N) is 3. The maximum absolute atomic E-state index is 13.7. The number of rotatable bonds is 4. The van der Waals surface area contributed by atoms with Gasteiger partial charge in [0.05, 0.1) is 11.5 Å². The van der Waals surface area contributed by atoms with E-state index in [1.54, 1.807) is 11.8 Å². The molecular weight excluding hydrogens is 366 g/mol. The van der Waals surface area contributed by atoms with Crippen LogP contribution in [0.1, 0.15) is 55.4 Å². The molecule has 1 aliphatic carbocycles. The largest absolute Gasteiger partial charge is 0.391 e. The van der Waals surface area contributed by atoms with Crippen LogP contribution in [0, 0.1) is 12.3 Å². The molecule has 0 unspecified atom stereocenters. The average molecular weight is 390 g/mol. The summed E-state index contributed by atoms with van der Waals surface area (Å²) >= 11 is 6.15. The van der Waals surface area contributed by atoms with Crippen molar-refractivity contribution in [3.8, 4) is 0 Å². The first-order chi connectivity index (χ1) is 13.0. The van der Waals surface area contributed by atoms with Crippen LogP contribution in [-0.4, -0.2) is 38.7 Å². The second kappa shape index (κ2) is 7.24. The molecule has 2 aromatic rings. The summed E-state index contributed by atoms with van der Waals surface area (Å²) in [4.78, 5) is 19.7. The lowest BCUT2D eigenvalue weighted by Crippen LogP contribution is -2.44. The lowest BCUT2D eigenvalue weighted by molar-refractivity contribution is -0.143. The molecule has 0 spiro atoms. The van der Waals surface area contributed by atoms with Gasteiger partial charge in [0.15, 0.2) is 5.82 Å². The van der Waals surface area contributed by atoms with Crippen molar-refractivity contribution >= 4 is 17.5 Å². The predicted molar refractivity (Wildman–Crippen MR) is 100 cm³/mol. The van der Waals surface area contributed by atoms with Gasteiger partial charge in [-0.25, -0.2) is 0 Å². The number of likely N-dealkylation sites (tertiary alicyclic amines) is 1. The van der Waals surface area contributed by atoms with Gasteiger partial charge in [-0.15, -0.1) is 0 Å². The Hall–Kier alpha value is -1.92. The van der Waals surface area contributed by atoms with Crippen LogP contribution in [0.4, 0.5) is 0 Å². The second-order valence-electron chi connectivity index (χ2n) is 7.84. The molecule has 6 nitrogen and oxygen atoms in total. The van der Waals surface area contributed by atoms with Crippen molar-refractivity contribution in [2.24, 2.45) is 5.41 Å². The number of hydrogen-bond acceptors (Lipinski definition) is 5. The number of aryl methyl sites for hydroxylation is 1. The first-order valence-electron chi connectivity index (χ1n) is 9.51. The molecule has 1 aliphatic heterocycles. The first-order valence-corrected chi connectivity index (χ1v) is 9.88. The molecule has 1 aromatic carbocycles. The van der Waals surface area contributed by atoms with Crippen molar-refractivity contribution in [2.45, 2.75) is 57.6 Å². The number of aliphatic hydroxyl groups excluding tert-OH is 1. The molecule has 1 amide bonds. The third-order valence-electron chi connectivity index (χ3n) is 5.81. The van der Waals surface area contributed by atoms with Gasteiger partial charge in [0.25, 0.3) is 0 Å². The fourth-order valence-corrected chi connectivity index (χ4v) is 4.79. The van der Waals surface area contributed by atoms with Gasteiger partial charge < -0.3 is 14.5 Å². The molecule has 1 saturated heterocycles. The van der Waals surface area contributed by atoms with Gasteiger partial charge in [-0.05, 0) is 43.9 Å². The van der Waals surface area contributed by atoms with Crippen molar-refractivity contribution in [3.05, 3.63) is 46.6 Å². The Morgan fingerprint density at radius 1 is 1.41 bits per heavy atom. The highest BCUT2D eigenvalue weighted by Gasteiger charge is 2.48. The molecule has 144 valence electrons. The van der Waals surface area contributed by atoms with Gasteiger partial charge in [-0.1, -0.05) is 41.7 Å². The number of carbonyl (C=O) groups is 1. The summed E-state index contributed by atoms with van der Waals surface area (Å²) in [6.45, 7) is 2.06. The summed E-state index contributed by atoms with van der Waals surface area (Å²) in [5.74, 6) is 1.03. The van der Waals surface area contributed by atoms with Gasteiger partial charge in [0, 0.05) is 18.0 Å². The van der Waals surface area contributed by atoms with Crippen LogP contribution in [0.15, 0.2) is 28.8 Å². The standard InChI is InChI=1S/C20H24ClN3O3/c1-13-22-18(27-23-13)17-10-16(25)12-24(17)19(26)20(7-2-3-8-20)11-14-5-4-6-15(21)9-14/h4-6,9,16-17,25H,2-3,7-8,10-12H2,1H3/t16-,17+/m0/s1. The normalized spacial score (nSPS) is 24.5. The highest BCUT2D eigenvalue weighted by Crippen LogP contribution is 2.45. The summed E-state index contributed by atoms with van der Waals surface area (Å²) in [6.07, 6.45) is 4.28. The summed E-state index contributed by atoms with van der Waals surface area (Å²) < 4.78 is 5.32. The quantitative estimate of drug-likeness (QED) is 0.866. The Morgan fingerprint density at radius 2 is 2.19 bits per heavy atom. The molecule has 27 heavy (non-hydrogen) atoms. The summed E-state index contributed by atoms with van der Waals surface area (Å²) in [5, 5.41) is 14.8. The molecule has 0 radical (unpaired) electrons. The van der Waals surface area contributed by atoms with Gasteiger partial charge in [-0.3, -0.25) is 4.79 Å². The Balaban J connectivity index is 1.63. The van der Waals surface area contributed by atoms with Crippen LogP contribution in [0.5, 0.6) is 0 Å². The topological polar surface area (TPSA) is 79.5 Å². The van der Waals surface area contributed by atoms with E-state index in [0.29, 0.717) is 36.1 Å². The third-order valence-corrected chi connectivity index (χ3v) is 6.05. The van der Waals surface area contributed by atoms with Crippen LogP contribution < -0.4 is 0 Å². The summed E-state index contributed by atoms with van der Waals surface area (Å²) in [5.41, 5.74) is 0.616. The number of halogens is 1. The molecule has 2 fully saturated rings. The molecule has 2 atom stereocenters. The molecule has 1 aromatic heterocycles. The summed E-state index contributed by atoms with van der Waals surface area (Å²) in [6, 6.07) is 7.38. The van der Waals surface area contributed by atoms with Crippen molar-refractivity contribution in [1.29, 1.82) is 0 Å². The van der Waals surface area contributed by atoms with E-state index in [-0.39, 0.29) is 11.9 Å². The predicted octanol–water partition coefficient (Wildman–Crippen LogP) is 3.47. The maximum Gasteiger partial charge on any atom is 0.249 e. The molecule has 2 aliphatic rings. The molecule has 0 bridgehead atoms. The molecule has 4 rings (SSSR count). The maximum atomic E-state index is 13.7. The zero-order valence-electron chi connectivity index (χ0n) is 15.4. The van der Waals surface area contributed by atoms with E-state index in [1.165, 1.54) is 0 Å². The van der Waals surface area contributed by atoms with Crippen LogP contribution >= 0.6 is 11.6 Å². The van der Waals surface area contributed by atoms with E-state index >= 15 is 0 Å². The van der Waals surface area contributed by atoms with Gasteiger partial charge in [0.1, 0.15) is 6.04 Å². The molecule has 1 saturated carbocycles. The van der Waals surface area contributed by atoms with E-state index in [4.69, 9.17) is 16.1 Å². The number of aromatic nitrogens is 2. The Bertz CT molecular complexity index is 831. The minimum Gasteiger partial charge on any atom is -0.391 e. The van der Waals surface area contributed by atoms with Crippen LogP contribution in [0.25, 0.3) is 0 Å². The number of amides is 1. The van der Waals surface area contributed by atoms with Gasteiger partial charge in [-0.2, -0.15) is 4.98 Å². The van der Waals surface area contributed by atoms with Crippen molar-refractivity contribution in [1.82, 2.24) is 15.0 Å². The van der Waals surface area contributed by atoms with E-state index in [2.05, 4.69) is 10.1 Å². The van der Waals surface area contributed by atoms with Gasteiger partial charge in [0.2, 0.25) is 11.8 Å². The number of hydrogen-bond donors (Lipinski definition) is 1.